The molecule has 1 N–H and O–H groups in total. The number of anilines is 1. The summed E-state index contributed by atoms with van der Waals surface area (Å²) in [4.78, 5) is 19.9. The van der Waals surface area contributed by atoms with Crippen molar-refractivity contribution in [1.29, 1.82) is 5.26 Å². The third kappa shape index (κ3) is 6.39. The van der Waals surface area contributed by atoms with Crippen molar-refractivity contribution in [2.75, 3.05) is 11.6 Å². The average Bonchev–Trinajstić information content (AvgIpc) is 2.34. The predicted molar refractivity (Wildman–Crippen MR) is 82.9 cm³/mol. The molecule has 22 heavy (non-hydrogen) atoms. The summed E-state index contributed by atoms with van der Waals surface area (Å²) in [5.41, 5.74) is 2.20. The lowest BCUT2D eigenvalue weighted by Crippen LogP contribution is -2.48. The highest BCUT2D eigenvalue weighted by Gasteiger charge is 2.23. The Labute approximate surface area is 131 Å². The fourth-order valence-corrected chi connectivity index (χ4v) is 1.62. The molecule has 120 valence electrons. The van der Waals surface area contributed by atoms with Crippen molar-refractivity contribution in [3.8, 4) is 6.07 Å². The minimum absolute atomic E-state index is 0.104. The predicted octanol–water partition coefficient (Wildman–Crippen LogP) is 2.64. The Bertz CT molecular complexity index is 567. The molecule has 0 saturated heterocycles. The van der Waals surface area contributed by atoms with Crippen LogP contribution in [0.4, 0.5) is 10.6 Å². The number of hydrogen-bond acceptors (Lipinski definition) is 6. The number of hydrazine groups is 1. The van der Waals surface area contributed by atoms with E-state index in [1.54, 1.807) is 25.8 Å². The molecule has 7 heteroatoms. The average molecular weight is 305 g/mol. The second-order valence-corrected chi connectivity index (χ2v) is 7.13. The number of carbonyl (C=O) groups excluding carboxylic acids is 1. The molecule has 1 rings (SSSR count). The van der Waals surface area contributed by atoms with Gasteiger partial charge in [0.05, 0.1) is 0 Å². The van der Waals surface area contributed by atoms with Gasteiger partial charge in [0.15, 0.2) is 5.82 Å². The molecule has 0 aliphatic carbocycles. The maximum Gasteiger partial charge on any atom is 0.426 e. The van der Waals surface area contributed by atoms with Crippen LogP contribution in [0.1, 0.15) is 47.2 Å². The summed E-state index contributed by atoms with van der Waals surface area (Å²) in [6, 6.07) is 3.47. The highest BCUT2D eigenvalue weighted by Crippen LogP contribution is 2.19. The van der Waals surface area contributed by atoms with Crippen molar-refractivity contribution in [2.45, 2.75) is 47.1 Å². The van der Waals surface area contributed by atoms with Crippen LogP contribution in [0.2, 0.25) is 0 Å². The van der Waals surface area contributed by atoms with Crippen molar-refractivity contribution in [1.82, 2.24) is 15.4 Å². The van der Waals surface area contributed by atoms with Crippen molar-refractivity contribution < 1.29 is 9.53 Å². The molecule has 1 aromatic heterocycles. The maximum atomic E-state index is 12.0. The van der Waals surface area contributed by atoms with Crippen LogP contribution in [-0.4, -0.2) is 28.2 Å². The Morgan fingerprint density at radius 2 is 1.95 bits per heavy atom. The van der Waals surface area contributed by atoms with Gasteiger partial charge < -0.3 is 4.74 Å². The first-order valence-corrected chi connectivity index (χ1v) is 6.99. The van der Waals surface area contributed by atoms with Crippen LogP contribution in [0.5, 0.6) is 0 Å². The molecule has 0 radical (unpaired) electrons. The van der Waals surface area contributed by atoms with Crippen LogP contribution >= 0.6 is 0 Å². The fourth-order valence-electron chi connectivity index (χ4n) is 1.62. The standard InChI is InChI=1S/C15H23N5O2/c1-14(2,3)9-20(19-13(21)22-15(4,5)6)12-7-11(8-16)17-10-18-12/h7,10H,9H2,1-6H3,(H,19,21). The molecule has 0 unspecified atom stereocenters. The number of aromatic nitrogens is 2. The molecule has 0 bridgehead atoms. The quantitative estimate of drug-likeness (QED) is 0.863. The first-order valence-electron chi connectivity index (χ1n) is 6.99. The van der Waals surface area contributed by atoms with Crippen LogP contribution in [0.15, 0.2) is 12.4 Å². The van der Waals surface area contributed by atoms with E-state index in [0.29, 0.717) is 12.4 Å². The van der Waals surface area contributed by atoms with E-state index in [9.17, 15) is 4.79 Å². The van der Waals surface area contributed by atoms with Gasteiger partial charge in [-0.3, -0.25) is 5.01 Å². The largest absolute Gasteiger partial charge is 0.443 e. The van der Waals surface area contributed by atoms with Crippen LogP contribution in [0, 0.1) is 16.7 Å². The van der Waals surface area contributed by atoms with Gasteiger partial charge in [-0.15, -0.1) is 0 Å². The van der Waals surface area contributed by atoms with E-state index < -0.39 is 11.7 Å². The molecule has 1 heterocycles. The van der Waals surface area contributed by atoms with Crippen LogP contribution in [0.3, 0.4) is 0 Å². The molecule has 0 aromatic carbocycles. The van der Waals surface area contributed by atoms with Gasteiger partial charge in [-0.05, 0) is 26.2 Å². The van der Waals surface area contributed by atoms with Gasteiger partial charge in [0, 0.05) is 12.6 Å². The number of hydrogen-bond donors (Lipinski definition) is 1. The molecule has 1 aromatic rings. The molecular formula is C15H23N5O2. The lowest BCUT2D eigenvalue weighted by atomic mass is 9.97. The highest BCUT2D eigenvalue weighted by atomic mass is 16.6. The molecule has 0 spiro atoms. The summed E-state index contributed by atoms with van der Waals surface area (Å²) in [5.74, 6) is 0.437. The minimum Gasteiger partial charge on any atom is -0.443 e. The zero-order valence-corrected chi connectivity index (χ0v) is 14.0. The first-order chi connectivity index (χ1) is 10.00. The normalized spacial score (nSPS) is 11.5. The molecule has 1 amide bonds. The van der Waals surface area contributed by atoms with Gasteiger partial charge in [-0.1, -0.05) is 20.8 Å². The van der Waals surface area contributed by atoms with Crippen molar-refractivity contribution in [2.24, 2.45) is 5.41 Å². The third-order valence-corrected chi connectivity index (χ3v) is 2.30. The van der Waals surface area contributed by atoms with Gasteiger partial charge in [0.25, 0.3) is 0 Å². The number of nitrogens with one attached hydrogen (secondary N) is 1. The zero-order valence-electron chi connectivity index (χ0n) is 14.0. The lowest BCUT2D eigenvalue weighted by Gasteiger charge is -2.31. The molecule has 0 saturated carbocycles. The monoisotopic (exact) mass is 305 g/mol. The molecule has 0 fully saturated rings. The van der Waals surface area contributed by atoms with Gasteiger partial charge >= 0.3 is 6.09 Å². The number of carbonyl (C=O) groups is 1. The number of amides is 1. The Morgan fingerprint density at radius 3 is 2.45 bits per heavy atom. The summed E-state index contributed by atoms with van der Waals surface area (Å²) in [6.07, 6.45) is 0.717. The van der Waals surface area contributed by atoms with E-state index in [4.69, 9.17) is 10.00 Å². The second kappa shape index (κ2) is 6.60. The third-order valence-electron chi connectivity index (χ3n) is 2.30. The number of nitrogens with zero attached hydrogens (tertiary/aromatic N) is 4. The van der Waals surface area contributed by atoms with Gasteiger partial charge in [0.1, 0.15) is 23.7 Å². The first kappa shape index (κ1) is 17.7. The summed E-state index contributed by atoms with van der Waals surface area (Å²) in [6.45, 7) is 12.0. The Hall–Kier alpha value is -2.36. The zero-order chi connectivity index (χ0) is 17.0. The number of nitriles is 1. The summed E-state index contributed by atoms with van der Waals surface area (Å²) >= 11 is 0. The second-order valence-electron chi connectivity index (χ2n) is 7.13. The van der Waals surface area contributed by atoms with Crippen LogP contribution < -0.4 is 10.4 Å². The topological polar surface area (TPSA) is 91.1 Å². The van der Waals surface area contributed by atoms with E-state index >= 15 is 0 Å². The van der Waals surface area contributed by atoms with E-state index in [2.05, 4.69) is 15.4 Å². The molecular weight excluding hydrogens is 282 g/mol. The molecule has 0 aliphatic rings. The molecule has 0 aliphatic heterocycles. The maximum absolute atomic E-state index is 12.0. The Balaban J connectivity index is 2.98. The van der Waals surface area contributed by atoms with E-state index in [0.717, 1.165) is 0 Å². The van der Waals surface area contributed by atoms with Gasteiger partial charge in [-0.2, -0.15) is 5.26 Å². The fraction of sp³-hybridized carbons (Fsp3) is 0.600. The summed E-state index contributed by atoms with van der Waals surface area (Å²) in [5, 5.41) is 10.5. The van der Waals surface area contributed by atoms with Crippen LogP contribution in [-0.2, 0) is 4.74 Å². The smallest absolute Gasteiger partial charge is 0.426 e. The Kier molecular flexibility index (Phi) is 5.31. The number of rotatable bonds is 3. The highest BCUT2D eigenvalue weighted by molar-refractivity contribution is 5.70. The molecule has 7 nitrogen and oxygen atoms in total. The van der Waals surface area contributed by atoms with Crippen molar-refractivity contribution in [3.05, 3.63) is 18.1 Å². The molecule has 0 atom stereocenters. The Morgan fingerprint density at radius 1 is 1.32 bits per heavy atom. The van der Waals surface area contributed by atoms with E-state index in [1.807, 2.05) is 26.8 Å². The SMILES string of the molecule is CC(C)(C)CN(NC(=O)OC(C)(C)C)c1cc(C#N)ncn1. The van der Waals surface area contributed by atoms with E-state index in [-0.39, 0.29) is 11.1 Å². The summed E-state index contributed by atoms with van der Waals surface area (Å²) < 4.78 is 5.26. The van der Waals surface area contributed by atoms with Crippen LogP contribution in [0.25, 0.3) is 0 Å². The van der Waals surface area contributed by atoms with E-state index in [1.165, 1.54) is 12.4 Å². The van der Waals surface area contributed by atoms with Crippen molar-refractivity contribution >= 4 is 11.9 Å². The summed E-state index contributed by atoms with van der Waals surface area (Å²) in [7, 11) is 0. The van der Waals surface area contributed by atoms with Gasteiger partial charge in [0.2, 0.25) is 0 Å². The van der Waals surface area contributed by atoms with Gasteiger partial charge in [-0.25, -0.2) is 20.2 Å². The lowest BCUT2D eigenvalue weighted by molar-refractivity contribution is 0.0516. The minimum atomic E-state index is -0.596. The number of ether oxygens (including phenoxy) is 1. The van der Waals surface area contributed by atoms with Crippen molar-refractivity contribution in [3.63, 3.8) is 0 Å².